The number of carbonyl (C=O) groups excluding carboxylic acids is 1. The van der Waals surface area contributed by atoms with E-state index in [-0.39, 0.29) is 18.0 Å². The van der Waals surface area contributed by atoms with E-state index in [2.05, 4.69) is 4.98 Å². The minimum absolute atomic E-state index is 0.0403. The monoisotopic (exact) mass is 394 g/mol. The maximum atomic E-state index is 13.0. The molecule has 0 atom stereocenters. The third-order valence-corrected chi connectivity index (χ3v) is 4.88. The molecule has 1 aromatic heterocycles. The lowest BCUT2D eigenvalue weighted by atomic mass is 10.1. The molecule has 0 spiro atoms. The normalized spacial score (nSPS) is 10.7. The van der Waals surface area contributed by atoms with Crippen molar-refractivity contribution in [2.75, 3.05) is 19.1 Å². The molecule has 0 aliphatic heterocycles. The molecule has 1 amide bonds. The summed E-state index contributed by atoms with van der Waals surface area (Å²) in [7, 11) is 3.17. The largest absolute Gasteiger partial charge is 0.497 e. The van der Waals surface area contributed by atoms with Crippen LogP contribution in [0.15, 0.2) is 53.3 Å². The number of anilines is 1. The maximum absolute atomic E-state index is 13.0. The van der Waals surface area contributed by atoms with E-state index >= 15 is 0 Å². The van der Waals surface area contributed by atoms with Crippen LogP contribution in [0.25, 0.3) is 10.9 Å². The second-order valence-electron chi connectivity index (χ2n) is 6.83. The first-order valence-electron chi connectivity index (χ1n) is 9.70. The van der Waals surface area contributed by atoms with Gasteiger partial charge in [-0.05, 0) is 42.8 Å². The fourth-order valence-electron chi connectivity index (χ4n) is 3.27. The molecule has 3 rings (SSSR count). The van der Waals surface area contributed by atoms with Crippen molar-refractivity contribution in [1.82, 2.24) is 4.98 Å². The van der Waals surface area contributed by atoms with Gasteiger partial charge in [0.25, 0.3) is 5.56 Å². The van der Waals surface area contributed by atoms with E-state index in [0.717, 1.165) is 23.7 Å². The summed E-state index contributed by atoms with van der Waals surface area (Å²) in [5.41, 5.74) is 1.66. The van der Waals surface area contributed by atoms with Crippen molar-refractivity contribution in [2.45, 2.75) is 32.7 Å². The lowest BCUT2D eigenvalue weighted by Crippen LogP contribution is -2.33. The van der Waals surface area contributed by atoms with E-state index in [9.17, 15) is 9.59 Å². The zero-order valence-corrected chi connectivity index (χ0v) is 17.0. The molecule has 3 aromatic rings. The third-order valence-electron chi connectivity index (χ3n) is 4.88. The number of ether oxygens (including phenoxy) is 2. The quantitative estimate of drug-likeness (QED) is 0.619. The molecule has 0 unspecified atom stereocenters. The van der Waals surface area contributed by atoms with Crippen LogP contribution in [0.5, 0.6) is 11.5 Å². The number of unbranched alkanes of at least 4 members (excludes halogenated alkanes) is 1. The van der Waals surface area contributed by atoms with Crippen LogP contribution in [0.1, 0.15) is 31.7 Å². The molecule has 0 saturated heterocycles. The lowest BCUT2D eigenvalue weighted by molar-refractivity contribution is -0.118. The van der Waals surface area contributed by atoms with Crippen molar-refractivity contribution >= 4 is 22.5 Å². The molecule has 29 heavy (non-hydrogen) atoms. The zero-order valence-electron chi connectivity index (χ0n) is 17.0. The minimum atomic E-state index is -0.217. The molecule has 1 N–H and O–H groups in total. The highest BCUT2D eigenvalue weighted by atomic mass is 16.5. The van der Waals surface area contributed by atoms with E-state index in [4.69, 9.17) is 9.47 Å². The number of fused-ring (bicyclic) bond motifs is 1. The van der Waals surface area contributed by atoms with Crippen molar-refractivity contribution in [3.63, 3.8) is 0 Å². The fraction of sp³-hybridized carbons (Fsp3) is 0.304. The average molecular weight is 394 g/mol. The summed E-state index contributed by atoms with van der Waals surface area (Å²) >= 11 is 0. The molecule has 2 aromatic carbocycles. The van der Waals surface area contributed by atoms with Gasteiger partial charge >= 0.3 is 0 Å². The van der Waals surface area contributed by atoms with Gasteiger partial charge in [0.2, 0.25) is 5.91 Å². The Morgan fingerprint density at radius 3 is 2.59 bits per heavy atom. The lowest BCUT2D eigenvalue weighted by Gasteiger charge is -2.24. The van der Waals surface area contributed by atoms with Crippen LogP contribution < -0.4 is 19.9 Å². The van der Waals surface area contributed by atoms with Crippen molar-refractivity contribution in [3.05, 3.63) is 64.4 Å². The molecule has 0 radical (unpaired) electrons. The van der Waals surface area contributed by atoms with Crippen molar-refractivity contribution in [1.29, 1.82) is 0 Å². The topological polar surface area (TPSA) is 71.6 Å². The summed E-state index contributed by atoms with van der Waals surface area (Å²) in [6, 6.07) is 14.6. The van der Waals surface area contributed by atoms with Gasteiger partial charge in [0, 0.05) is 22.9 Å². The van der Waals surface area contributed by atoms with Gasteiger partial charge in [-0.2, -0.15) is 0 Å². The van der Waals surface area contributed by atoms with Gasteiger partial charge in [0.15, 0.2) is 0 Å². The third kappa shape index (κ3) is 4.59. The first-order chi connectivity index (χ1) is 14.1. The first kappa shape index (κ1) is 20.5. The molecular formula is C23H26N2O4. The number of aromatic nitrogens is 1. The predicted octanol–water partition coefficient (Wildman–Crippen LogP) is 4.27. The molecule has 0 saturated carbocycles. The van der Waals surface area contributed by atoms with Gasteiger partial charge in [0.1, 0.15) is 11.5 Å². The standard InChI is InChI=1S/C23H26N2O4/c1-4-5-10-22(26)25(20-8-6-7-9-21(20)29-3)15-17-13-16-14-18(28-2)11-12-19(16)24-23(17)27/h6-9,11-14H,4-5,10,15H2,1-3H3,(H,24,27). The number of H-pyrrole nitrogens is 1. The summed E-state index contributed by atoms with van der Waals surface area (Å²) in [5, 5.41) is 0.847. The number of hydrogen-bond donors (Lipinski definition) is 1. The van der Waals surface area contributed by atoms with Gasteiger partial charge in [0.05, 0.1) is 26.5 Å². The second kappa shape index (κ2) is 9.28. The summed E-state index contributed by atoms with van der Waals surface area (Å²) in [6.45, 7) is 2.20. The fourth-order valence-corrected chi connectivity index (χ4v) is 3.27. The summed E-state index contributed by atoms with van der Waals surface area (Å²) in [5.74, 6) is 1.26. The van der Waals surface area contributed by atoms with E-state index in [1.54, 1.807) is 25.2 Å². The SMILES string of the molecule is CCCCC(=O)N(Cc1cc2cc(OC)ccc2[nH]c1=O)c1ccccc1OC. The Bertz CT molecular complexity index is 1060. The molecule has 0 bridgehead atoms. The van der Waals surface area contributed by atoms with Gasteiger partial charge in [-0.15, -0.1) is 0 Å². The Hall–Kier alpha value is -3.28. The number of rotatable bonds is 8. The Morgan fingerprint density at radius 2 is 1.86 bits per heavy atom. The molecule has 1 heterocycles. The Morgan fingerprint density at radius 1 is 1.07 bits per heavy atom. The van der Waals surface area contributed by atoms with Crippen LogP contribution in [0, 0.1) is 0 Å². The van der Waals surface area contributed by atoms with Crippen LogP contribution >= 0.6 is 0 Å². The van der Waals surface area contributed by atoms with Crippen LogP contribution in [-0.4, -0.2) is 25.1 Å². The van der Waals surface area contributed by atoms with E-state index < -0.39 is 0 Å². The number of carbonyl (C=O) groups is 1. The van der Waals surface area contributed by atoms with Gasteiger partial charge < -0.3 is 19.4 Å². The van der Waals surface area contributed by atoms with E-state index in [1.165, 1.54) is 0 Å². The highest BCUT2D eigenvalue weighted by molar-refractivity contribution is 5.95. The van der Waals surface area contributed by atoms with Crippen LogP contribution in [0.3, 0.4) is 0 Å². The summed E-state index contributed by atoms with van der Waals surface area (Å²) in [6.07, 6.45) is 2.12. The van der Waals surface area contributed by atoms with E-state index in [0.29, 0.717) is 29.2 Å². The van der Waals surface area contributed by atoms with Crippen LogP contribution in [-0.2, 0) is 11.3 Å². The number of amides is 1. The Labute approximate surface area is 170 Å². The number of para-hydroxylation sites is 2. The van der Waals surface area contributed by atoms with Crippen molar-refractivity contribution in [2.24, 2.45) is 0 Å². The second-order valence-corrected chi connectivity index (χ2v) is 6.83. The molecule has 0 aliphatic carbocycles. The highest BCUT2D eigenvalue weighted by Crippen LogP contribution is 2.30. The van der Waals surface area contributed by atoms with Crippen LogP contribution in [0.2, 0.25) is 0 Å². The number of methoxy groups -OCH3 is 2. The number of aromatic amines is 1. The smallest absolute Gasteiger partial charge is 0.253 e. The average Bonchev–Trinajstić information content (AvgIpc) is 2.75. The van der Waals surface area contributed by atoms with Gasteiger partial charge in [-0.1, -0.05) is 25.5 Å². The number of hydrogen-bond acceptors (Lipinski definition) is 4. The summed E-state index contributed by atoms with van der Waals surface area (Å²) < 4.78 is 10.7. The number of nitrogens with zero attached hydrogens (tertiary/aromatic N) is 1. The van der Waals surface area contributed by atoms with Gasteiger partial charge in [-0.25, -0.2) is 0 Å². The molecule has 6 nitrogen and oxygen atoms in total. The van der Waals surface area contributed by atoms with E-state index in [1.807, 2.05) is 49.4 Å². The molecule has 0 aliphatic rings. The predicted molar refractivity (Wildman–Crippen MR) is 115 cm³/mol. The van der Waals surface area contributed by atoms with Crippen molar-refractivity contribution < 1.29 is 14.3 Å². The Balaban J connectivity index is 2.04. The number of benzene rings is 2. The van der Waals surface area contributed by atoms with Crippen molar-refractivity contribution in [3.8, 4) is 11.5 Å². The van der Waals surface area contributed by atoms with Crippen LogP contribution in [0.4, 0.5) is 5.69 Å². The summed E-state index contributed by atoms with van der Waals surface area (Å²) in [4.78, 5) is 30.2. The van der Waals surface area contributed by atoms with Gasteiger partial charge in [-0.3, -0.25) is 9.59 Å². The minimum Gasteiger partial charge on any atom is -0.497 e. The highest BCUT2D eigenvalue weighted by Gasteiger charge is 2.20. The molecular weight excluding hydrogens is 368 g/mol. The number of pyridine rings is 1. The first-order valence-corrected chi connectivity index (χ1v) is 9.70. The molecule has 6 heteroatoms. The Kier molecular flexibility index (Phi) is 6.54. The maximum Gasteiger partial charge on any atom is 0.253 e. The molecule has 0 fully saturated rings. The molecule has 152 valence electrons. The zero-order chi connectivity index (χ0) is 20.8. The number of nitrogens with one attached hydrogen (secondary N) is 1.